The lowest BCUT2D eigenvalue weighted by Crippen LogP contribution is -2.41. The van der Waals surface area contributed by atoms with Gasteiger partial charge < -0.3 is 10.8 Å². The van der Waals surface area contributed by atoms with E-state index in [-0.39, 0.29) is 11.5 Å². The number of aliphatic hydroxyl groups is 1. The average Bonchev–Trinajstić information content (AvgIpc) is 2.99. The second-order valence-electron chi connectivity index (χ2n) is 4.94. The highest BCUT2D eigenvalue weighted by atomic mass is 16.3. The normalized spacial score (nSPS) is 30.0. The van der Waals surface area contributed by atoms with Crippen LogP contribution < -0.4 is 5.73 Å². The first-order valence-electron chi connectivity index (χ1n) is 5.65. The van der Waals surface area contributed by atoms with Crippen molar-refractivity contribution < 1.29 is 5.11 Å². The van der Waals surface area contributed by atoms with Crippen LogP contribution in [0.1, 0.15) is 44.9 Å². The third kappa shape index (κ3) is 1.75. The molecule has 2 rings (SSSR count). The molecule has 2 fully saturated rings. The first-order chi connectivity index (χ1) is 6.28. The van der Waals surface area contributed by atoms with Crippen LogP contribution >= 0.6 is 0 Å². The Balaban J connectivity index is 1.91. The maximum Gasteiger partial charge on any atom is 0.0502 e. The summed E-state index contributed by atoms with van der Waals surface area (Å²) in [6.07, 6.45) is 8.98. The van der Waals surface area contributed by atoms with Crippen LogP contribution in [0.2, 0.25) is 0 Å². The largest absolute Gasteiger partial charge is 0.396 e. The Kier molecular flexibility index (Phi) is 2.61. The van der Waals surface area contributed by atoms with E-state index >= 15 is 0 Å². The Morgan fingerprint density at radius 2 is 1.85 bits per heavy atom. The van der Waals surface area contributed by atoms with Crippen molar-refractivity contribution in [2.75, 3.05) is 6.61 Å². The predicted molar refractivity (Wildman–Crippen MR) is 53.3 cm³/mol. The zero-order valence-electron chi connectivity index (χ0n) is 8.34. The average molecular weight is 183 g/mol. The Morgan fingerprint density at radius 3 is 2.31 bits per heavy atom. The maximum atomic E-state index is 9.28. The van der Waals surface area contributed by atoms with Gasteiger partial charge in [-0.25, -0.2) is 0 Å². The molecule has 0 aliphatic heterocycles. The molecule has 0 radical (unpaired) electrons. The Labute approximate surface area is 80.5 Å². The molecule has 2 nitrogen and oxygen atoms in total. The number of nitrogens with two attached hydrogens (primary N) is 1. The van der Waals surface area contributed by atoms with Crippen molar-refractivity contribution in [3.05, 3.63) is 0 Å². The number of rotatable bonds is 3. The lowest BCUT2D eigenvalue weighted by atomic mass is 9.78. The van der Waals surface area contributed by atoms with E-state index in [1.165, 1.54) is 32.1 Å². The van der Waals surface area contributed by atoms with E-state index < -0.39 is 0 Å². The monoisotopic (exact) mass is 183 g/mol. The molecule has 0 aromatic carbocycles. The van der Waals surface area contributed by atoms with Gasteiger partial charge in [0.25, 0.3) is 0 Å². The van der Waals surface area contributed by atoms with Gasteiger partial charge in [-0.1, -0.05) is 19.3 Å². The van der Waals surface area contributed by atoms with Crippen LogP contribution in [-0.4, -0.2) is 17.8 Å². The summed E-state index contributed by atoms with van der Waals surface area (Å²) < 4.78 is 0. The zero-order chi connectivity index (χ0) is 9.31. The summed E-state index contributed by atoms with van der Waals surface area (Å²) in [6, 6.07) is 0.276. The molecule has 2 heteroatoms. The van der Waals surface area contributed by atoms with Crippen molar-refractivity contribution in [3.63, 3.8) is 0 Å². The molecule has 2 saturated carbocycles. The highest BCUT2D eigenvalue weighted by Gasteiger charge is 2.49. The van der Waals surface area contributed by atoms with Gasteiger partial charge in [-0.05, 0) is 31.6 Å². The van der Waals surface area contributed by atoms with Crippen LogP contribution in [0.4, 0.5) is 0 Å². The fraction of sp³-hybridized carbons (Fsp3) is 1.00. The minimum atomic E-state index is 0.141. The molecule has 2 aliphatic carbocycles. The lowest BCUT2D eigenvalue weighted by Gasteiger charge is -2.32. The predicted octanol–water partition coefficient (Wildman–Crippen LogP) is 1.67. The van der Waals surface area contributed by atoms with E-state index in [2.05, 4.69) is 0 Å². The molecule has 1 atom stereocenters. The smallest absolute Gasteiger partial charge is 0.0502 e. The summed E-state index contributed by atoms with van der Waals surface area (Å²) >= 11 is 0. The van der Waals surface area contributed by atoms with E-state index in [1.807, 2.05) is 0 Å². The number of hydrogen-bond donors (Lipinski definition) is 2. The maximum absolute atomic E-state index is 9.28. The molecule has 76 valence electrons. The van der Waals surface area contributed by atoms with Gasteiger partial charge >= 0.3 is 0 Å². The SMILES string of the molecule is NC(C1CCCCC1)C1(CO)CC1. The van der Waals surface area contributed by atoms with Crippen LogP contribution in [0.3, 0.4) is 0 Å². The van der Waals surface area contributed by atoms with Gasteiger partial charge in [-0.15, -0.1) is 0 Å². The molecular weight excluding hydrogens is 162 g/mol. The van der Waals surface area contributed by atoms with Crippen molar-refractivity contribution >= 4 is 0 Å². The molecule has 0 spiro atoms. The van der Waals surface area contributed by atoms with E-state index in [0.29, 0.717) is 12.5 Å². The quantitative estimate of drug-likeness (QED) is 0.699. The standard InChI is InChI=1S/C11H21NO/c12-10(11(8-13)6-7-11)9-4-2-1-3-5-9/h9-10,13H,1-8,12H2. The number of hydrogen-bond acceptors (Lipinski definition) is 2. The highest BCUT2D eigenvalue weighted by Crippen LogP contribution is 2.51. The summed E-state index contributed by atoms with van der Waals surface area (Å²) in [6.45, 7) is 0.310. The van der Waals surface area contributed by atoms with E-state index in [4.69, 9.17) is 5.73 Å². The summed E-state index contributed by atoms with van der Waals surface area (Å²) in [5, 5.41) is 9.28. The Morgan fingerprint density at radius 1 is 1.23 bits per heavy atom. The summed E-state index contributed by atoms with van der Waals surface area (Å²) in [5.41, 5.74) is 6.38. The molecule has 1 unspecified atom stereocenters. The van der Waals surface area contributed by atoms with Gasteiger partial charge in [-0.3, -0.25) is 0 Å². The molecule has 0 heterocycles. The molecule has 0 saturated heterocycles. The molecule has 3 N–H and O–H groups in total. The van der Waals surface area contributed by atoms with Crippen LogP contribution in [0.15, 0.2) is 0 Å². The van der Waals surface area contributed by atoms with E-state index in [1.54, 1.807) is 0 Å². The fourth-order valence-corrected chi connectivity index (χ4v) is 2.75. The first kappa shape index (κ1) is 9.47. The van der Waals surface area contributed by atoms with Crippen molar-refractivity contribution in [2.24, 2.45) is 17.1 Å². The number of aliphatic hydroxyl groups excluding tert-OH is 1. The van der Waals surface area contributed by atoms with Gasteiger partial charge in [0, 0.05) is 11.5 Å². The van der Waals surface area contributed by atoms with Crippen LogP contribution in [0.5, 0.6) is 0 Å². The van der Waals surface area contributed by atoms with Crippen LogP contribution in [0, 0.1) is 11.3 Å². The van der Waals surface area contributed by atoms with Crippen LogP contribution in [-0.2, 0) is 0 Å². The van der Waals surface area contributed by atoms with Gasteiger partial charge in [0.2, 0.25) is 0 Å². The molecule has 0 amide bonds. The summed E-state index contributed by atoms with van der Waals surface area (Å²) in [4.78, 5) is 0. The Bertz CT molecular complexity index is 171. The molecule has 0 aromatic heterocycles. The fourth-order valence-electron chi connectivity index (χ4n) is 2.75. The van der Waals surface area contributed by atoms with Gasteiger partial charge in [0.15, 0.2) is 0 Å². The minimum Gasteiger partial charge on any atom is -0.396 e. The molecule has 0 bridgehead atoms. The third-order valence-corrected chi connectivity index (χ3v) is 4.07. The highest BCUT2D eigenvalue weighted by molar-refractivity contribution is 5.03. The van der Waals surface area contributed by atoms with Crippen molar-refractivity contribution in [2.45, 2.75) is 51.0 Å². The van der Waals surface area contributed by atoms with Crippen molar-refractivity contribution in [3.8, 4) is 0 Å². The molecule has 13 heavy (non-hydrogen) atoms. The summed E-state index contributed by atoms with van der Waals surface area (Å²) in [5.74, 6) is 0.698. The van der Waals surface area contributed by atoms with Crippen molar-refractivity contribution in [1.29, 1.82) is 0 Å². The zero-order valence-corrected chi connectivity index (χ0v) is 8.34. The lowest BCUT2D eigenvalue weighted by molar-refractivity contribution is 0.143. The second-order valence-corrected chi connectivity index (χ2v) is 4.94. The van der Waals surface area contributed by atoms with E-state index in [9.17, 15) is 5.11 Å². The molecule has 0 aromatic rings. The van der Waals surface area contributed by atoms with Crippen LogP contribution in [0.25, 0.3) is 0 Å². The van der Waals surface area contributed by atoms with Gasteiger partial charge in [0.1, 0.15) is 0 Å². The van der Waals surface area contributed by atoms with Gasteiger partial charge in [0.05, 0.1) is 6.61 Å². The summed E-state index contributed by atoms with van der Waals surface area (Å²) in [7, 11) is 0. The first-order valence-corrected chi connectivity index (χ1v) is 5.65. The topological polar surface area (TPSA) is 46.2 Å². The van der Waals surface area contributed by atoms with Crippen molar-refractivity contribution in [1.82, 2.24) is 0 Å². The third-order valence-electron chi connectivity index (χ3n) is 4.07. The van der Waals surface area contributed by atoms with E-state index in [0.717, 1.165) is 12.8 Å². The Hall–Kier alpha value is -0.0800. The molecule has 2 aliphatic rings. The second kappa shape index (κ2) is 3.58. The minimum absolute atomic E-state index is 0.141. The molecular formula is C11H21NO. The van der Waals surface area contributed by atoms with Gasteiger partial charge in [-0.2, -0.15) is 0 Å².